The first-order valence-corrected chi connectivity index (χ1v) is 9.24. The van der Waals surface area contributed by atoms with Gasteiger partial charge in [0.05, 0.1) is 5.57 Å². The van der Waals surface area contributed by atoms with E-state index >= 15 is 0 Å². The lowest BCUT2D eigenvalue weighted by Gasteiger charge is -2.48. The molecule has 2 aliphatic rings. The third-order valence-corrected chi connectivity index (χ3v) is 4.78. The van der Waals surface area contributed by atoms with Gasteiger partial charge < -0.3 is 15.2 Å². The average Bonchev–Trinajstić information content (AvgIpc) is 2.48. The van der Waals surface area contributed by atoms with Crippen molar-refractivity contribution in [2.24, 2.45) is 5.73 Å². The van der Waals surface area contributed by atoms with Crippen LogP contribution in [0.3, 0.4) is 0 Å². The molecule has 2 atom stereocenters. The summed E-state index contributed by atoms with van der Waals surface area (Å²) < 4.78 is 10.4. The number of carbonyl (C=O) groups is 3. The van der Waals surface area contributed by atoms with E-state index in [-0.39, 0.29) is 29.0 Å². The smallest absolute Gasteiger partial charge is 0.356 e. The first-order chi connectivity index (χ1) is 10.7. The van der Waals surface area contributed by atoms with Crippen molar-refractivity contribution in [2.75, 3.05) is 17.7 Å². The van der Waals surface area contributed by atoms with Crippen molar-refractivity contribution in [3.8, 4) is 0 Å². The van der Waals surface area contributed by atoms with Crippen LogP contribution in [0.1, 0.15) is 20.8 Å². The molecule has 9 heteroatoms. The number of hydrogen-bond donors (Lipinski definition) is 1. The lowest BCUT2D eigenvalue weighted by molar-refractivity contribution is -0.158. The van der Waals surface area contributed by atoms with Crippen molar-refractivity contribution >= 4 is 45.5 Å². The summed E-state index contributed by atoms with van der Waals surface area (Å²) in [6, 6.07) is -0.669. The molecule has 0 aromatic heterocycles. The summed E-state index contributed by atoms with van der Waals surface area (Å²) in [5.74, 6) is -1.48. The van der Waals surface area contributed by atoms with Crippen LogP contribution < -0.4 is 5.73 Å². The minimum absolute atomic E-state index is 0.0463. The van der Waals surface area contributed by atoms with Crippen LogP contribution in [0.4, 0.5) is 0 Å². The van der Waals surface area contributed by atoms with E-state index in [0.29, 0.717) is 5.33 Å². The van der Waals surface area contributed by atoms with Crippen molar-refractivity contribution in [3.63, 3.8) is 0 Å². The minimum Gasteiger partial charge on any atom is -0.461 e. The molecule has 0 aromatic rings. The predicted octanol–water partition coefficient (Wildman–Crippen LogP) is 0.763. The zero-order valence-corrected chi connectivity index (χ0v) is 15.5. The van der Waals surface area contributed by atoms with Gasteiger partial charge in [0, 0.05) is 11.1 Å². The second-order valence-electron chi connectivity index (χ2n) is 6.09. The van der Waals surface area contributed by atoms with E-state index in [9.17, 15) is 14.4 Å². The number of amides is 1. The third-order valence-electron chi connectivity index (χ3n) is 3.16. The molecule has 0 radical (unpaired) electrons. The van der Waals surface area contributed by atoms with Crippen LogP contribution in [0.2, 0.25) is 0 Å². The molecule has 2 N–H and O–H groups in total. The lowest BCUT2D eigenvalue weighted by atomic mass is 10.0. The van der Waals surface area contributed by atoms with E-state index in [2.05, 4.69) is 15.9 Å². The number of alkyl halides is 1. The van der Waals surface area contributed by atoms with E-state index in [1.807, 2.05) is 0 Å². The van der Waals surface area contributed by atoms with Gasteiger partial charge >= 0.3 is 11.9 Å². The molecule has 1 unspecified atom stereocenters. The first-order valence-electron chi connectivity index (χ1n) is 7.07. The summed E-state index contributed by atoms with van der Waals surface area (Å²) in [5, 5.41) is 0.134. The van der Waals surface area contributed by atoms with Gasteiger partial charge in [0.1, 0.15) is 29.3 Å². The predicted molar refractivity (Wildman–Crippen MR) is 88.7 cm³/mol. The Balaban J connectivity index is 2.35. The van der Waals surface area contributed by atoms with Gasteiger partial charge in [-0.15, -0.1) is 11.8 Å². The number of nitrogens with two attached hydrogens (primary N) is 1. The molecule has 2 aliphatic heterocycles. The molecule has 1 saturated heterocycles. The van der Waals surface area contributed by atoms with Crippen LogP contribution in [-0.2, 0) is 23.9 Å². The molecule has 1 amide bonds. The fourth-order valence-corrected chi connectivity index (χ4v) is 3.64. The summed E-state index contributed by atoms with van der Waals surface area (Å²) in [4.78, 5) is 38.0. The maximum absolute atomic E-state index is 12.5. The van der Waals surface area contributed by atoms with E-state index in [1.54, 1.807) is 20.8 Å². The molecular weight excluding hydrogens is 388 g/mol. The number of β-lactam (4-membered cyclic amide) rings is 1. The van der Waals surface area contributed by atoms with Gasteiger partial charge in [-0.3, -0.25) is 9.69 Å². The standard InChI is InChI=1S/C14H19BrN2O5S/c1-14(2,3)22-13(20)9-7(12(19)21-5-4-15)6-23-11-8(16)10(18)17(9)11/h8,11H,4-6,16H2,1-3H3/t8?,11-/m1/s1. The number of rotatable bonds is 4. The quantitative estimate of drug-likeness (QED) is 0.417. The summed E-state index contributed by atoms with van der Waals surface area (Å²) in [5.41, 5.74) is 5.11. The Morgan fingerprint density at radius 1 is 1.39 bits per heavy atom. The number of carbonyl (C=O) groups excluding carboxylic acids is 3. The number of fused-ring (bicyclic) bond motifs is 1. The molecule has 0 spiro atoms. The number of esters is 2. The fraction of sp³-hybridized carbons (Fsp3) is 0.643. The van der Waals surface area contributed by atoms with Crippen molar-refractivity contribution in [1.82, 2.24) is 4.90 Å². The Morgan fingerprint density at radius 3 is 2.61 bits per heavy atom. The molecule has 128 valence electrons. The van der Waals surface area contributed by atoms with Crippen molar-refractivity contribution < 1.29 is 23.9 Å². The second kappa shape index (κ2) is 6.82. The Bertz CT molecular complexity index is 572. The second-order valence-corrected chi connectivity index (χ2v) is 7.99. The van der Waals surface area contributed by atoms with Gasteiger partial charge in [0.2, 0.25) is 5.91 Å². The van der Waals surface area contributed by atoms with Crippen molar-refractivity contribution in [3.05, 3.63) is 11.3 Å². The van der Waals surface area contributed by atoms with Crippen LogP contribution in [0, 0.1) is 0 Å². The monoisotopic (exact) mass is 406 g/mol. The van der Waals surface area contributed by atoms with Gasteiger partial charge in [-0.1, -0.05) is 15.9 Å². The summed E-state index contributed by atoms with van der Waals surface area (Å²) in [7, 11) is 0. The minimum atomic E-state index is -0.745. The lowest BCUT2D eigenvalue weighted by Crippen LogP contribution is -2.68. The maximum Gasteiger partial charge on any atom is 0.356 e. The van der Waals surface area contributed by atoms with E-state index < -0.39 is 29.5 Å². The third kappa shape index (κ3) is 3.72. The van der Waals surface area contributed by atoms with Crippen LogP contribution in [-0.4, -0.2) is 57.5 Å². The van der Waals surface area contributed by atoms with Gasteiger partial charge in [0.15, 0.2) is 0 Å². The number of hydrogen-bond acceptors (Lipinski definition) is 7. The average molecular weight is 407 g/mol. The normalized spacial score (nSPS) is 24.0. The van der Waals surface area contributed by atoms with Gasteiger partial charge in [-0.05, 0) is 20.8 Å². The summed E-state index contributed by atoms with van der Waals surface area (Å²) >= 11 is 4.50. The number of ether oxygens (including phenoxy) is 2. The van der Waals surface area contributed by atoms with E-state index in [1.165, 1.54) is 16.7 Å². The molecular formula is C14H19BrN2O5S. The van der Waals surface area contributed by atoms with Crippen LogP contribution in [0.5, 0.6) is 0 Å². The largest absolute Gasteiger partial charge is 0.461 e. The Morgan fingerprint density at radius 2 is 2.04 bits per heavy atom. The molecule has 7 nitrogen and oxygen atoms in total. The highest BCUT2D eigenvalue weighted by atomic mass is 79.9. The highest BCUT2D eigenvalue weighted by Gasteiger charge is 2.53. The van der Waals surface area contributed by atoms with Gasteiger partial charge in [0.25, 0.3) is 0 Å². The Kier molecular flexibility index (Phi) is 5.42. The zero-order chi connectivity index (χ0) is 17.4. The fourth-order valence-electron chi connectivity index (χ4n) is 2.21. The maximum atomic E-state index is 12.5. The molecule has 2 heterocycles. The van der Waals surface area contributed by atoms with Crippen molar-refractivity contribution in [2.45, 2.75) is 37.8 Å². The van der Waals surface area contributed by atoms with Crippen LogP contribution >= 0.6 is 27.7 Å². The molecule has 0 aliphatic carbocycles. The summed E-state index contributed by atoms with van der Waals surface area (Å²) in [6.07, 6.45) is 0. The Hall–Kier alpha value is -1.06. The summed E-state index contributed by atoms with van der Waals surface area (Å²) in [6.45, 7) is 5.32. The van der Waals surface area contributed by atoms with Gasteiger partial charge in [-0.25, -0.2) is 9.59 Å². The molecule has 0 aromatic carbocycles. The van der Waals surface area contributed by atoms with Crippen LogP contribution in [0.25, 0.3) is 0 Å². The zero-order valence-electron chi connectivity index (χ0n) is 13.1. The highest BCUT2D eigenvalue weighted by molar-refractivity contribution is 9.09. The molecule has 2 rings (SSSR count). The SMILES string of the molecule is CC(C)(C)OC(=O)C1=C(C(=O)OCCBr)CS[C@@H]2C(N)C(=O)N12. The number of nitrogens with zero attached hydrogens (tertiary/aromatic N) is 1. The van der Waals surface area contributed by atoms with Gasteiger partial charge in [-0.2, -0.15) is 0 Å². The topological polar surface area (TPSA) is 98.9 Å². The van der Waals surface area contributed by atoms with Crippen LogP contribution in [0.15, 0.2) is 11.3 Å². The highest BCUT2D eigenvalue weighted by Crippen LogP contribution is 2.40. The van der Waals surface area contributed by atoms with E-state index in [4.69, 9.17) is 15.2 Å². The molecule has 23 heavy (non-hydrogen) atoms. The Labute approximate surface area is 147 Å². The molecule has 0 bridgehead atoms. The first kappa shape index (κ1) is 18.3. The van der Waals surface area contributed by atoms with E-state index in [0.717, 1.165) is 0 Å². The molecule has 1 fully saturated rings. The molecule has 0 saturated carbocycles. The number of thioether (sulfide) groups is 1. The number of halogens is 1. The van der Waals surface area contributed by atoms with Crippen molar-refractivity contribution in [1.29, 1.82) is 0 Å².